The van der Waals surface area contributed by atoms with Gasteiger partial charge in [-0.25, -0.2) is 8.78 Å². The van der Waals surface area contributed by atoms with Crippen LogP contribution in [0.3, 0.4) is 0 Å². The van der Waals surface area contributed by atoms with Crippen molar-refractivity contribution in [1.82, 2.24) is 4.98 Å². The predicted molar refractivity (Wildman–Crippen MR) is 90.3 cm³/mol. The maximum Gasteiger partial charge on any atom is 0.306 e. The lowest BCUT2D eigenvalue weighted by Gasteiger charge is -2.16. The molecule has 1 heterocycles. The van der Waals surface area contributed by atoms with E-state index in [1.54, 1.807) is 25.3 Å². The van der Waals surface area contributed by atoms with Crippen LogP contribution in [0.15, 0.2) is 36.5 Å². The second kappa shape index (κ2) is 7.72. The molecule has 1 aromatic heterocycles. The van der Waals surface area contributed by atoms with Gasteiger partial charge >= 0.3 is 5.97 Å². The Morgan fingerprint density at radius 1 is 1.24 bits per heavy atom. The van der Waals surface area contributed by atoms with E-state index in [4.69, 9.17) is 4.74 Å². The van der Waals surface area contributed by atoms with Gasteiger partial charge in [-0.1, -0.05) is 18.2 Å². The van der Waals surface area contributed by atoms with Crippen molar-refractivity contribution in [3.05, 3.63) is 65.0 Å². The van der Waals surface area contributed by atoms with E-state index in [9.17, 15) is 13.6 Å². The topological polar surface area (TPSA) is 39.2 Å². The second-order valence-electron chi connectivity index (χ2n) is 6.38. The number of aromatic nitrogens is 1. The molecule has 0 saturated heterocycles. The summed E-state index contributed by atoms with van der Waals surface area (Å²) in [5.41, 5.74) is 2.25. The zero-order chi connectivity index (χ0) is 17.8. The number of benzene rings is 1. The summed E-state index contributed by atoms with van der Waals surface area (Å²) in [7, 11) is 0. The Kier molecular flexibility index (Phi) is 5.41. The monoisotopic (exact) mass is 345 g/mol. The van der Waals surface area contributed by atoms with E-state index in [0.717, 1.165) is 17.3 Å². The minimum atomic E-state index is -0.823. The molecule has 25 heavy (non-hydrogen) atoms. The molecule has 2 atom stereocenters. The molecular formula is C20H21F2NO2. The molecule has 0 spiro atoms. The Hall–Kier alpha value is -2.30. The molecule has 1 aromatic carbocycles. The van der Waals surface area contributed by atoms with Crippen molar-refractivity contribution in [2.24, 2.45) is 0 Å². The van der Waals surface area contributed by atoms with Crippen LogP contribution in [0.25, 0.3) is 0 Å². The summed E-state index contributed by atoms with van der Waals surface area (Å²) >= 11 is 0. The van der Waals surface area contributed by atoms with Crippen molar-refractivity contribution >= 4 is 5.97 Å². The molecule has 3 rings (SSSR count). The van der Waals surface area contributed by atoms with Gasteiger partial charge in [-0.15, -0.1) is 0 Å². The van der Waals surface area contributed by atoms with Gasteiger partial charge in [0.25, 0.3) is 0 Å². The quantitative estimate of drug-likeness (QED) is 0.604. The molecule has 1 unspecified atom stereocenters. The summed E-state index contributed by atoms with van der Waals surface area (Å²) in [5, 5.41) is 0. The standard InChI is InChI=1S/C20H21F2NO2/c1-2-25-18(24)12-15-9-8-13(11-14-5-4-10-23-20(14)15)16-6-3-7-17(21)19(16)22/h3-7,10,13,15H,2,8-9,11-12H2,1H3/t13-,15?/m1/s1. The van der Waals surface area contributed by atoms with Crippen LogP contribution in [0.1, 0.15) is 54.8 Å². The van der Waals surface area contributed by atoms with E-state index in [1.165, 1.54) is 0 Å². The normalized spacial score (nSPS) is 19.8. The number of fused-ring (bicyclic) bond motifs is 1. The zero-order valence-electron chi connectivity index (χ0n) is 14.2. The van der Waals surface area contributed by atoms with E-state index in [0.29, 0.717) is 31.4 Å². The third kappa shape index (κ3) is 3.86. The highest BCUT2D eigenvalue weighted by Gasteiger charge is 2.29. The first-order chi connectivity index (χ1) is 12.1. The molecule has 2 aromatic rings. The lowest BCUT2D eigenvalue weighted by molar-refractivity contribution is -0.143. The van der Waals surface area contributed by atoms with Gasteiger partial charge in [-0.3, -0.25) is 9.78 Å². The summed E-state index contributed by atoms with van der Waals surface area (Å²) in [6, 6.07) is 8.11. The summed E-state index contributed by atoms with van der Waals surface area (Å²) < 4.78 is 32.9. The number of hydrogen-bond donors (Lipinski definition) is 0. The van der Waals surface area contributed by atoms with Crippen LogP contribution in [-0.4, -0.2) is 17.6 Å². The Bertz CT molecular complexity index is 763. The van der Waals surface area contributed by atoms with Gasteiger partial charge in [0.05, 0.1) is 13.0 Å². The minimum absolute atomic E-state index is 0.0585. The van der Waals surface area contributed by atoms with Crippen LogP contribution in [0, 0.1) is 11.6 Å². The van der Waals surface area contributed by atoms with Crippen LogP contribution < -0.4 is 0 Å². The van der Waals surface area contributed by atoms with Crippen LogP contribution >= 0.6 is 0 Å². The highest BCUT2D eigenvalue weighted by Crippen LogP contribution is 2.39. The third-order valence-corrected chi connectivity index (χ3v) is 4.78. The number of halogens is 2. The summed E-state index contributed by atoms with van der Waals surface area (Å²) in [4.78, 5) is 16.4. The molecule has 0 N–H and O–H groups in total. The highest BCUT2D eigenvalue weighted by atomic mass is 19.2. The number of esters is 1. The maximum absolute atomic E-state index is 14.2. The molecule has 0 aliphatic heterocycles. The van der Waals surface area contributed by atoms with Crippen molar-refractivity contribution in [2.45, 2.75) is 44.4 Å². The zero-order valence-corrected chi connectivity index (χ0v) is 14.2. The van der Waals surface area contributed by atoms with E-state index >= 15 is 0 Å². The smallest absolute Gasteiger partial charge is 0.306 e. The molecule has 0 amide bonds. The van der Waals surface area contributed by atoms with Crippen molar-refractivity contribution in [2.75, 3.05) is 6.61 Å². The SMILES string of the molecule is CCOC(=O)CC1CC[C@@H](c2cccc(F)c2F)Cc2cccnc21. The highest BCUT2D eigenvalue weighted by molar-refractivity contribution is 5.70. The van der Waals surface area contributed by atoms with Gasteiger partial charge in [0.15, 0.2) is 11.6 Å². The molecule has 0 fully saturated rings. The first-order valence-electron chi connectivity index (χ1n) is 8.63. The summed E-state index contributed by atoms with van der Waals surface area (Å²) in [6.07, 6.45) is 3.91. The Morgan fingerprint density at radius 3 is 2.88 bits per heavy atom. The average Bonchev–Trinajstić information content (AvgIpc) is 2.78. The fourth-order valence-electron chi connectivity index (χ4n) is 3.62. The molecule has 1 aliphatic carbocycles. The Labute approximate surface area is 146 Å². The first-order valence-corrected chi connectivity index (χ1v) is 8.63. The second-order valence-corrected chi connectivity index (χ2v) is 6.38. The van der Waals surface area contributed by atoms with Gasteiger partial charge in [0.2, 0.25) is 0 Å². The van der Waals surface area contributed by atoms with Crippen LogP contribution in [0.4, 0.5) is 8.78 Å². The molecular weight excluding hydrogens is 324 g/mol. The third-order valence-electron chi connectivity index (χ3n) is 4.78. The van der Waals surface area contributed by atoms with Gasteiger partial charge in [-0.2, -0.15) is 0 Å². The Balaban J connectivity index is 1.90. The van der Waals surface area contributed by atoms with Gasteiger partial charge in [0, 0.05) is 17.8 Å². The largest absolute Gasteiger partial charge is 0.466 e. The van der Waals surface area contributed by atoms with E-state index < -0.39 is 11.6 Å². The minimum Gasteiger partial charge on any atom is -0.466 e. The van der Waals surface area contributed by atoms with E-state index in [2.05, 4.69) is 4.98 Å². The van der Waals surface area contributed by atoms with Crippen LogP contribution in [0.2, 0.25) is 0 Å². The summed E-state index contributed by atoms with van der Waals surface area (Å²) in [6.45, 7) is 2.12. The molecule has 3 nitrogen and oxygen atoms in total. The van der Waals surface area contributed by atoms with Crippen molar-refractivity contribution in [1.29, 1.82) is 0 Å². The molecule has 5 heteroatoms. The average molecular weight is 345 g/mol. The fraction of sp³-hybridized carbons (Fsp3) is 0.400. The Morgan fingerprint density at radius 2 is 2.08 bits per heavy atom. The van der Waals surface area contributed by atoms with Crippen LogP contribution in [0.5, 0.6) is 0 Å². The van der Waals surface area contributed by atoms with E-state index in [-0.39, 0.29) is 24.2 Å². The number of hydrogen-bond acceptors (Lipinski definition) is 3. The van der Waals surface area contributed by atoms with Crippen LogP contribution in [-0.2, 0) is 16.0 Å². The molecule has 0 radical (unpaired) electrons. The molecule has 132 valence electrons. The predicted octanol–water partition coefficient (Wildman–Crippen LogP) is 4.52. The number of rotatable bonds is 4. The van der Waals surface area contributed by atoms with Crippen molar-refractivity contribution in [3.63, 3.8) is 0 Å². The number of ether oxygens (including phenoxy) is 1. The molecule has 1 aliphatic rings. The fourth-order valence-corrected chi connectivity index (χ4v) is 3.62. The lowest BCUT2D eigenvalue weighted by atomic mass is 9.89. The molecule has 0 saturated carbocycles. The number of nitrogens with zero attached hydrogens (tertiary/aromatic N) is 1. The number of carbonyl (C=O) groups excluding carboxylic acids is 1. The number of pyridine rings is 1. The van der Waals surface area contributed by atoms with Crippen molar-refractivity contribution < 1.29 is 18.3 Å². The maximum atomic E-state index is 14.2. The first kappa shape index (κ1) is 17.5. The van der Waals surface area contributed by atoms with E-state index in [1.807, 2.05) is 12.1 Å². The van der Waals surface area contributed by atoms with Gasteiger partial charge in [-0.05, 0) is 55.4 Å². The van der Waals surface area contributed by atoms with Crippen molar-refractivity contribution in [3.8, 4) is 0 Å². The lowest BCUT2D eigenvalue weighted by Crippen LogP contribution is -2.12. The van der Waals surface area contributed by atoms with Gasteiger partial charge < -0.3 is 4.74 Å². The molecule has 0 bridgehead atoms. The number of carbonyl (C=O) groups is 1. The van der Waals surface area contributed by atoms with Gasteiger partial charge in [0.1, 0.15) is 0 Å². The summed E-state index contributed by atoms with van der Waals surface area (Å²) in [5.74, 6) is -2.04.